The second kappa shape index (κ2) is 4.42. The van der Waals surface area contributed by atoms with Crippen LogP contribution in [0.1, 0.15) is 5.01 Å². The Bertz CT molecular complexity index is 280. The van der Waals surface area contributed by atoms with E-state index in [1.54, 1.807) is 11.7 Å². The summed E-state index contributed by atoms with van der Waals surface area (Å²) in [5, 5.41) is 17.7. The summed E-state index contributed by atoms with van der Waals surface area (Å²) < 4.78 is 0. The molecule has 0 saturated carbocycles. The summed E-state index contributed by atoms with van der Waals surface area (Å²) in [6.07, 6.45) is 3.10. The van der Waals surface area contributed by atoms with Gasteiger partial charge in [0.2, 0.25) is 5.96 Å². The molecule has 4 N–H and O–H groups in total. The van der Waals surface area contributed by atoms with Crippen molar-refractivity contribution in [3.63, 3.8) is 0 Å². The minimum atomic E-state index is -0.164. The van der Waals surface area contributed by atoms with Crippen molar-refractivity contribution in [2.75, 3.05) is 0 Å². The number of aromatic nitrogens is 1. The number of hydroxylamine groups is 1. The Hall–Kier alpha value is -1.47. The van der Waals surface area contributed by atoms with E-state index < -0.39 is 0 Å². The molecule has 6 nitrogen and oxygen atoms in total. The molecule has 1 aromatic heterocycles. The second-order valence-electron chi connectivity index (χ2n) is 1.71. The minimum absolute atomic E-state index is 0.164. The molecule has 0 saturated heterocycles. The Morgan fingerprint density at radius 3 is 3.25 bits per heavy atom. The second-order valence-corrected chi connectivity index (χ2v) is 2.64. The molecule has 0 radical (unpaired) electrons. The van der Waals surface area contributed by atoms with Gasteiger partial charge in [-0.1, -0.05) is 0 Å². The zero-order valence-corrected chi connectivity index (χ0v) is 6.82. The lowest BCUT2D eigenvalue weighted by atomic mass is 10.8. The summed E-state index contributed by atoms with van der Waals surface area (Å²) in [6.45, 7) is 0. The van der Waals surface area contributed by atoms with E-state index >= 15 is 0 Å². The molecule has 0 unspecified atom stereocenters. The van der Waals surface area contributed by atoms with Crippen LogP contribution in [0.15, 0.2) is 21.8 Å². The van der Waals surface area contributed by atoms with Gasteiger partial charge in [-0.2, -0.15) is 5.10 Å². The first-order valence-corrected chi connectivity index (χ1v) is 3.87. The van der Waals surface area contributed by atoms with E-state index in [-0.39, 0.29) is 5.96 Å². The van der Waals surface area contributed by atoms with Gasteiger partial charge >= 0.3 is 0 Å². The van der Waals surface area contributed by atoms with Gasteiger partial charge in [-0.3, -0.25) is 5.21 Å². The van der Waals surface area contributed by atoms with Crippen LogP contribution in [-0.2, 0) is 0 Å². The largest absolute Gasteiger partial charge is 0.367 e. The average Bonchev–Trinajstić information content (AvgIpc) is 2.57. The predicted octanol–water partition coefficient (Wildman–Crippen LogP) is -0.230. The van der Waals surface area contributed by atoms with Crippen LogP contribution in [0.5, 0.6) is 0 Å². The van der Waals surface area contributed by atoms with Gasteiger partial charge in [0, 0.05) is 11.6 Å². The minimum Gasteiger partial charge on any atom is -0.367 e. The number of hydrogen-bond acceptors (Lipinski definition) is 5. The van der Waals surface area contributed by atoms with Gasteiger partial charge in [-0.25, -0.2) is 10.5 Å². The van der Waals surface area contributed by atoms with Crippen molar-refractivity contribution in [2.45, 2.75) is 0 Å². The van der Waals surface area contributed by atoms with Crippen LogP contribution >= 0.6 is 11.3 Å². The summed E-state index contributed by atoms with van der Waals surface area (Å²) in [4.78, 5) is 3.92. The number of hydrogen-bond donors (Lipinski definition) is 3. The third-order valence-corrected chi connectivity index (χ3v) is 1.61. The molecule has 0 fully saturated rings. The Morgan fingerprint density at radius 2 is 2.67 bits per heavy atom. The van der Waals surface area contributed by atoms with Gasteiger partial charge in [0.25, 0.3) is 0 Å². The Balaban J connectivity index is 2.52. The van der Waals surface area contributed by atoms with Gasteiger partial charge in [0.1, 0.15) is 5.01 Å². The smallest absolute Gasteiger partial charge is 0.237 e. The van der Waals surface area contributed by atoms with Crippen molar-refractivity contribution in [1.29, 1.82) is 0 Å². The van der Waals surface area contributed by atoms with Crippen molar-refractivity contribution < 1.29 is 5.21 Å². The molecule has 0 aliphatic heterocycles. The number of nitrogens with two attached hydrogens (primary N) is 1. The number of nitrogens with zero attached hydrogens (tertiary/aromatic N) is 3. The van der Waals surface area contributed by atoms with Gasteiger partial charge < -0.3 is 5.73 Å². The molecule has 1 aromatic rings. The van der Waals surface area contributed by atoms with Gasteiger partial charge in [-0.05, 0) is 0 Å². The van der Waals surface area contributed by atoms with Crippen LogP contribution in [0.2, 0.25) is 0 Å². The summed E-state index contributed by atoms with van der Waals surface area (Å²) in [7, 11) is 0. The van der Waals surface area contributed by atoms with E-state index in [9.17, 15) is 0 Å². The van der Waals surface area contributed by atoms with Gasteiger partial charge in [0.05, 0.1) is 6.21 Å². The van der Waals surface area contributed by atoms with Crippen LogP contribution in [0.3, 0.4) is 0 Å². The average molecular weight is 185 g/mol. The number of nitrogens with one attached hydrogen (secondary N) is 1. The maximum Gasteiger partial charge on any atom is 0.237 e. The first kappa shape index (κ1) is 8.62. The van der Waals surface area contributed by atoms with Crippen molar-refractivity contribution in [2.24, 2.45) is 15.9 Å². The molecule has 0 aromatic carbocycles. The Kier molecular flexibility index (Phi) is 3.17. The van der Waals surface area contributed by atoms with Crippen LogP contribution in [0.4, 0.5) is 0 Å². The Morgan fingerprint density at radius 1 is 1.83 bits per heavy atom. The molecule has 7 heteroatoms. The van der Waals surface area contributed by atoms with Gasteiger partial charge in [0.15, 0.2) is 0 Å². The van der Waals surface area contributed by atoms with E-state index in [0.717, 1.165) is 5.01 Å². The lowest BCUT2D eigenvalue weighted by Crippen LogP contribution is -2.27. The van der Waals surface area contributed by atoms with E-state index in [0.29, 0.717) is 0 Å². The molecule has 64 valence electrons. The first-order chi connectivity index (χ1) is 5.83. The number of thiazole rings is 1. The quantitative estimate of drug-likeness (QED) is 0.337. The normalized spacial score (nSPS) is 12.2. The molecule has 0 aliphatic carbocycles. The standard InChI is InChI=1S/C5H7N5OS/c6-5(10-11)9-8-3-4-7-1-2-12-4/h1-3,11H,(H3,6,9,10)/b8-3-. The molecule has 12 heavy (non-hydrogen) atoms. The van der Waals surface area contributed by atoms with E-state index in [1.807, 2.05) is 5.38 Å². The zero-order valence-electron chi connectivity index (χ0n) is 6.01. The molecule has 1 heterocycles. The number of guanidine groups is 1. The first-order valence-electron chi connectivity index (χ1n) is 2.99. The highest BCUT2D eigenvalue weighted by Crippen LogP contribution is 1.99. The van der Waals surface area contributed by atoms with Crippen LogP contribution < -0.4 is 11.2 Å². The lowest BCUT2D eigenvalue weighted by Gasteiger charge is -1.89. The molecule has 0 amide bonds. The summed E-state index contributed by atoms with van der Waals surface area (Å²) in [5.41, 5.74) is 6.71. The van der Waals surface area contributed by atoms with Gasteiger partial charge in [-0.15, -0.1) is 16.4 Å². The summed E-state index contributed by atoms with van der Waals surface area (Å²) in [5.74, 6) is -0.164. The van der Waals surface area contributed by atoms with E-state index in [1.165, 1.54) is 17.6 Å². The van der Waals surface area contributed by atoms with E-state index in [4.69, 9.17) is 10.9 Å². The molecule has 0 atom stereocenters. The molecule has 1 rings (SSSR count). The summed E-state index contributed by atoms with van der Waals surface area (Å²) >= 11 is 1.43. The van der Waals surface area contributed by atoms with Crippen LogP contribution in [0, 0.1) is 0 Å². The molecule has 0 spiro atoms. The lowest BCUT2D eigenvalue weighted by molar-refractivity contribution is 0.232. The highest BCUT2D eigenvalue weighted by molar-refractivity contribution is 7.11. The SMILES string of the molecule is NC(=N/N=C\c1nccs1)NO. The summed E-state index contributed by atoms with van der Waals surface area (Å²) in [6, 6.07) is 0. The highest BCUT2D eigenvalue weighted by atomic mass is 32.1. The van der Waals surface area contributed by atoms with Crippen molar-refractivity contribution >= 4 is 23.5 Å². The maximum absolute atomic E-state index is 8.20. The van der Waals surface area contributed by atoms with Crippen LogP contribution in [0.25, 0.3) is 0 Å². The van der Waals surface area contributed by atoms with Crippen LogP contribution in [-0.4, -0.2) is 22.4 Å². The fourth-order valence-corrected chi connectivity index (χ4v) is 0.952. The fourth-order valence-electron chi connectivity index (χ4n) is 0.461. The molecule has 0 aliphatic rings. The third kappa shape index (κ3) is 2.64. The molecule has 0 bridgehead atoms. The highest BCUT2D eigenvalue weighted by Gasteiger charge is 1.87. The van der Waals surface area contributed by atoms with Crippen molar-refractivity contribution in [3.05, 3.63) is 16.6 Å². The fraction of sp³-hybridized carbons (Fsp3) is 0. The maximum atomic E-state index is 8.20. The van der Waals surface area contributed by atoms with E-state index in [2.05, 4.69) is 15.2 Å². The third-order valence-electron chi connectivity index (χ3n) is 0.900. The predicted molar refractivity (Wildman–Crippen MR) is 46.3 cm³/mol. The topological polar surface area (TPSA) is 95.9 Å². The molecular weight excluding hydrogens is 178 g/mol. The zero-order chi connectivity index (χ0) is 8.81. The van der Waals surface area contributed by atoms with Crippen molar-refractivity contribution in [1.82, 2.24) is 10.5 Å². The number of rotatable bonds is 2. The molecular formula is C5H7N5OS. The Labute approximate surface area is 72.4 Å². The monoisotopic (exact) mass is 185 g/mol. The van der Waals surface area contributed by atoms with Crippen molar-refractivity contribution in [3.8, 4) is 0 Å².